The van der Waals surface area contributed by atoms with Crippen molar-refractivity contribution in [2.75, 3.05) is 0 Å². The van der Waals surface area contributed by atoms with Crippen LogP contribution in [0.25, 0.3) is 27.4 Å². The summed E-state index contributed by atoms with van der Waals surface area (Å²) < 4.78 is 5.32. The maximum Gasteiger partial charge on any atom is 0.260 e. The van der Waals surface area contributed by atoms with Crippen molar-refractivity contribution < 1.29 is 4.52 Å². The van der Waals surface area contributed by atoms with E-state index in [1.54, 1.807) is 6.92 Å². The Labute approximate surface area is 122 Å². The van der Waals surface area contributed by atoms with Gasteiger partial charge in [0.25, 0.3) is 5.89 Å². The summed E-state index contributed by atoms with van der Waals surface area (Å²) in [5.41, 5.74) is 5.62. The molecule has 0 aliphatic heterocycles. The van der Waals surface area contributed by atoms with E-state index < -0.39 is 0 Å². The number of nitrogens with one attached hydrogen (secondary N) is 1. The molecule has 0 aliphatic carbocycles. The zero-order chi connectivity index (χ0) is 15.0. The van der Waals surface area contributed by atoms with Crippen molar-refractivity contribution >= 4 is 5.69 Å². The highest BCUT2D eigenvalue weighted by Gasteiger charge is 2.20. The highest BCUT2D eigenvalue weighted by Crippen LogP contribution is 2.37. The predicted molar refractivity (Wildman–Crippen MR) is 80.0 cm³/mol. The van der Waals surface area contributed by atoms with Crippen LogP contribution in [-0.4, -0.2) is 15.1 Å². The van der Waals surface area contributed by atoms with Crippen molar-refractivity contribution in [1.29, 1.82) is 0 Å². The molecule has 0 spiro atoms. The van der Waals surface area contributed by atoms with Gasteiger partial charge in [-0.1, -0.05) is 29.4 Å². The minimum absolute atomic E-state index is 0.513. The van der Waals surface area contributed by atoms with Crippen molar-refractivity contribution in [2.45, 2.75) is 20.8 Å². The smallest absolute Gasteiger partial charge is 0.260 e. The van der Waals surface area contributed by atoms with Crippen LogP contribution in [0.1, 0.15) is 17.2 Å². The summed E-state index contributed by atoms with van der Waals surface area (Å²) in [5, 5.41) is 3.87. The highest BCUT2D eigenvalue weighted by molar-refractivity contribution is 5.84. The van der Waals surface area contributed by atoms with Crippen LogP contribution >= 0.6 is 0 Å². The summed E-state index contributed by atoms with van der Waals surface area (Å²) in [6.45, 7) is 12.8. The Morgan fingerprint density at radius 3 is 2.29 bits per heavy atom. The monoisotopic (exact) mass is 278 g/mol. The highest BCUT2D eigenvalue weighted by atomic mass is 16.5. The fourth-order valence-electron chi connectivity index (χ4n) is 2.51. The van der Waals surface area contributed by atoms with E-state index in [1.165, 1.54) is 0 Å². The number of nitrogens with zero attached hydrogens (tertiary/aromatic N) is 3. The van der Waals surface area contributed by atoms with E-state index >= 15 is 0 Å². The lowest BCUT2D eigenvalue weighted by Gasteiger charge is -2.04. The maximum absolute atomic E-state index is 7.03. The third-order valence-electron chi connectivity index (χ3n) is 3.40. The molecule has 5 nitrogen and oxygen atoms in total. The summed E-state index contributed by atoms with van der Waals surface area (Å²) in [5.74, 6) is 1.12. The van der Waals surface area contributed by atoms with Gasteiger partial charge in [0.15, 0.2) is 11.5 Å². The molecule has 0 saturated heterocycles. The molecule has 5 heteroatoms. The van der Waals surface area contributed by atoms with Gasteiger partial charge in [-0.15, -0.1) is 0 Å². The molecule has 0 atom stereocenters. The van der Waals surface area contributed by atoms with E-state index in [2.05, 4.69) is 20.0 Å². The van der Waals surface area contributed by atoms with Crippen LogP contribution in [0.15, 0.2) is 28.8 Å². The number of hydrogen-bond donors (Lipinski definition) is 1. The average molecular weight is 278 g/mol. The Balaban J connectivity index is 2.20. The van der Waals surface area contributed by atoms with E-state index in [4.69, 9.17) is 11.1 Å². The number of benzene rings is 1. The van der Waals surface area contributed by atoms with E-state index in [0.717, 1.165) is 28.1 Å². The topological polar surface area (TPSA) is 59.1 Å². The average Bonchev–Trinajstić information content (AvgIpc) is 3.02. The van der Waals surface area contributed by atoms with Gasteiger partial charge in [-0.2, -0.15) is 4.98 Å². The third kappa shape index (κ3) is 2.21. The molecule has 3 rings (SSSR count). The normalized spacial score (nSPS) is 10.6. The number of H-pyrrole nitrogens is 1. The summed E-state index contributed by atoms with van der Waals surface area (Å²) in [4.78, 5) is 11.1. The molecular weight excluding hydrogens is 264 g/mol. The lowest BCUT2D eigenvalue weighted by atomic mass is 10.00. The van der Waals surface area contributed by atoms with Gasteiger partial charge in [-0.25, -0.2) is 4.85 Å². The van der Waals surface area contributed by atoms with Crippen molar-refractivity contribution in [3.05, 3.63) is 52.9 Å². The number of aromatic nitrogens is 3. The van der Waals surface area contributed by atoms with Gasteiger partial charge in [0.05, 0.1) is 12.1 Å². The number of aryl methyl sites for hydroxylation is 3. The van der Waals surface area contributed by atoms with Crippen LogP contribution in [0.3, 0.4) is 0 Å². The quantitative estimate of drug-likeness (QED) is 0.714. The third-order valence-corrected chi connectivity index (χ3v) is 3.40. The van der Waals surface area contributed by atoms with Gasteiger partial charge in [0.1, 0.15) is 0 Å². The molecule has 104 valence electrons. The van der Waals surface area contributed by atoms with Crippen molar-refractivity contribution in [2.24, 2.45) is 0 Å². The Hall–Kier alpha value is -2.87. The molecule has 0 bridgehead atoms. The molecule has 0 saturated carbocycles. The second kappa shape index (κ2) is 4.91. The van der Waals surface area contributed by atoms with Crippen molar-refractivity contribution in [3.63, 3.8) is 0 Å². The zero-order valence-electron chi connectivity index (χ0n) is 12.1. The number of rotatable bonds is 2. The summed E-state index contributed by atoms with van der Waals surface area (Å²) in [6, 6.07) is 7.51. The summed E-state index contributed by atoms with van der Waals surface area (Å²) >= 11 is 0. The molecule has 2 heterocycles. The molecule has 21 heavy (non-hydrogen) atoms. The van der Waals surface area contributed by atoms with Crippen LogP contribution in [0, 0.1) is 27.3 Å². The Morgan fingerprint density at radius 2 is 1.71 bits per heavy atom. The fourth-order valence-corrected chi connectivity index (χ4v) is 2.51. The minimum Gasteiger partial charge on any atom is -0.362 e. The Kier molecular flexibility index (Phi) is 3.07. The van der Waals surface area contributed by atoms with Crippen LogP contribution in [-0.2, 0) is 0 Å². The first-order chi connectivity index (χ1) is 10.1. The summed E-state index contributed by atoms with van der Waals surface area (Å²) in [6.07, 6.45) is 0. The van der Waals surface area contributed by atoms with E-state index in [0.29, 0.717) is 17.4 Å². The Morgan fingerprint density at radius 1 is 1.05 bits per heavy atom. The first-order valence-electron chi connectivity index (χ1n) is 6.58. The Bertz CT molecular complexity index is 834. The standard InChI is InChI=1S/C16H14N4O/c1-9-14(12-5-7-13(17-4)8-6-12)15(10(2)18-9)16-19-11(3)20-21-16/h5-8,18H,1-3H3. The number of hydrogen-bond acceptors (Lipinski definition) is 3. The first kappa shape index (κ1) is 13.1. The van der Waals surface area contributed by atoms with Gasteiger partial charge in [-0.3, -0.25) is 0 Å². The second-order valence-corrected chi connectivity index (χ2v) is 4.93. The summed E-state index contributed by atoms with van der Waals surface area (Å²) in [7, 11) is 0. The lowest BCUT2D eigenvalue weighted by molar-refractivity contribution is 0.425. The molecule has 1 aromatic carbocycles. The maximum atomic E-state index is 7.03. The van der Waals surface area contributed by atoms with E-state index in [1.807, 2.05) is 38.1 Å². The molecule has 0 radical (unpaired) electrons. The molecule has 0 amide bonds. The predicted octanol–water partition coefficient (Wildman–Crippen LogP) is 4.21. The first-order valence-corrected chi connectivity index (χ1v) is 6.58. The second-order valence-electron chi connectivity index (χ2n) is 4.93. The van der Waals surface area contributed by atoms with Crippen molar-refractivity contribution in [3.8, 4) is 22.6 Å². The van der Waals surface area contributed by atoms with Gasteiger partial charge >= 0.3 is 0 Å². The zero-order valence-corrected chi connectivity index (χ0v) is 12.1. The fraction of sp³-hybridized carbons (Fsp3) is 0.188. The molecule has 0 unspecified atom stereocenters. The molecule has 1 N–H and O–H groups in total. The molecule has 3 aromatic rings. The van der Waals surface area contributed by atoms with Gasteiger partial charge in [-0.05, 0) is 26.3 Å². The van der Waals surface area contributed by atoms with Crippen LogP contribution in [0.4, 0.5) is 5.69 Å². The van der Waals surface area contributed by atoms with E-state index in [9.17, 15) is 0 Å². The van der Waals surface area contributed by atoms with Crippen LogP contribution in [0.2, 0.25) is 0 Å². The van der Waals surface area contributed by atoms with Crippen LogP contribution in [0.5, 0.6) is 0 Å². The molecular formula is C16H14N4O. The van der Waals surface area contributed by atoms with Gasteiger partial charge < -0.3 is 9.51 Å². The molecule has 0 aliphatic rings. The van der Waals surface area contributed by atoms with Crippen LogP contribution < -0.4 is 0 Å². The van der Waals surface area contributed by atoms with Gasteiger partial charge in [0, 0.05) is 17.0 Å². The van der Waals surface area contributed by atoms with Gasteiger partial charge in [0.2, 0.25) is 0 Å². The largest absolute Gasteiger partial charge is 0.362 e. The van der Waals surface area contributed by atoms with Crippen molar-refractivity contribution in [1.82, 2.24) is 15.1 Å². The number of aromatic amines is 1. The lowest BCUT2D eigenvalue weighted by Crippen LogP contribution is -1.84. The molecule has 2 aromatic heterocycles. The minimum atomic E-state index is 0.513. The SMILES string of the molecule is [C-]#[N+]c1ccc(-c2c(C)[nH]c(C)c2-c2nc(C)no2)cc1. The van der Waals surface area contributed by atoms with E-state index in [-0.39, 0.29) is 0 Å². The molecule has 0 fully saturated rings.